The zero-order valence-corrected chi connectivity index (χ0v) is 15.5. The third kappa shape index (κ3) is 3.25. The molecule has 0 spiro atoms. The fraction of sp³-hybridized carbons (Fsp3) is 0.222. The van der Waals surface area contributed by atoms with Crippen molar-refractivity contribution in [3.8, 4) is 0 Å². The Bertz CT molecular complexity index is 898. The highest BCUT2D eigenvalue weighted by Crippen LogP contribution is 2.37. The van der Waals surface area contributed by atoms with Crippen molar-refractivity contribution in [3.05, 3.63) is 74.2 Å². The van der Waals surface area contributed by atoms with Gasteiger partial charge in [0.2, 0.25) is 0 Å². The quantitative estimate of drug-likeness (QED) is 0.603. The first kappa shape index (κ1) is 18.2. The van der Waals surface area contributed by atoms with Crippen LogP contribution >= 0.6 is 15.9 Å². The summed E-state index contributed by atoms with van der Waals surface area (Å²) in [7, 11) is 0. The molecule has 1 aliphatic rings. The molecule has 0 saturated carbocycles. The topological polar surface area (TPSA) is 96.0 Å². The summed E-state index contributed by atoms with van der Waals surface area (Å²) in [5.74, 6) is -0.595. The highest BCUT2D eigenvalue weighted by molar-refractivity contribution is 9.10. The molecule has 0 saturated heterocycles. The Morgan fingerprint density at radius 3 is 2.65 bits per heavy atom. The van der Waals surface area contributed by atoms with Gasteiger partial charge in [-0.1, -0.05) is 41.1 Å². The van der Waals surface area contributed by atoms with Gasteiger partial charge in [-0.2, -0.15) is 10.1 Å². The molecule has 8 heteroatoms. The summed E-state index contributed by atoms with van der Waals surface area (Å²) in [6.07, 6.45) is 0.767. The van der Waals surface area contributed by atoms with Gasteiger partial charge in [0.1, 0.15) is 0 Å². The molecular weight excluding hydrogens is 402 g/mol. The van der Waals surface area contributed by atoms with Crippen LogP contribution in [0, 0.1) is 10.1 Å². The van der Waals surface area contributed by atoms with Crippen molar-refractivity contribution in [2.24, 2.45) is 5.10 Å². The van der Waals surface area contributed by atoms with E-state index in [-0.39, 0.29) is 17.7 Å². The fourth-order valence-corrected chi connectivity index (χ4v) is 3.11. The molecule has 0 unspecified atom stereocenters. The number of hydrazone groups is 1. The Morgan fingerprint density at radius 1 is 1.35 bits per heavy atom. The van der Waals surface area contributed by atoms with Gasteiger partial charge >= 0.3 is 0 Å². The number of halogens is 1. The van der Waals surface area contributed by atoms with Crippen LogP contribution in [0.1, 0.15) is 35.7 Å². The second-order valence-electron chi connectivity index (χ2n) is 5.94. The van der Waals surface area contributed by atoms with Gasteiger partial charge in [-0.15, -0.1) is 0 Å². The van der Waals surface area contributed by atoms with Gasteiger partial charge in [-0.3, -0.25) is 14.9 Å². The zero-order chi connectivity index (χ0) is 18.9. The number of rotatable bonds is 4. The van der Waals surface area contributed by atoms with E-state index in [9.17, 15) is 20.0 Å². The molecule has 2 aromatic rings. The second kappa shape index (κ2) is 6.97. The van der Waals surface area contributed by atoms with Crippen molar-refractivity contribution in [2.75, 3.05) is 0 Å². The second-order valence-corrected chi connectivity index (χ2v) is 6.86. The SMILES string of the molecule is CCC1=NN(C(=O)c2cccc([N+](=O)[O-])c2)[C@@](O)(c2ccc(Br)cc2)C1. The number of aliphatic hydroxyl groups is 1. The third-order valence-corrected chi connectivity index (χ3v) is 4.78. The fourth-order valence-electron chi connectivity index (χ4n) is 2.84. The monoisotopic (exact) mass is 417 g/mol. The zero-order valence-electron chi connectivity index (χ0n) is 13.9. The number of amides is 1. The van der Waals surface area contributed by atoms with Crippen LogP contribution in [-0.2, 0) is 5.72 Å². The van der Waals surface area contributed by atoms with Crippen LogP contribution in [0.3, 0.4) is 0 Å². The molecule has 0 aliphatic carbocycles. The van der Waals surface area contributed by atoms with Crippen molar-refractivity contribution < 1.29 is 14.8 Å². The molecule has 2 aromatic carbocycles. The Morgan fingerprint density at radius 2 is 2.04 bits per heavy atom. The lowest BCUT2D eigenvalue weighted by atomic mass is 9.96. The van der Waals surface area contributed by atoms with Gasteiger partial charge in [-0.05, 0) is 24.6 Å². The molecule has 0 aromatic heterocycles. The Kier molecular flexibility index (Phi) is 4.88. The Balaban J connectivity index is 2.03. The molecular formula is C18H16BrN3O4. The first-order chi connectivity index (χ1) is 12.3. The average Bonchev–Trinajstić information content (AvgIpc) is 2.99. The van der Waals surface area contributed by atoms with Crippen molar-refractivity contribution in [1.82, 2.24) is 5.01 Å². The van der Waals surface area contributed by atoms with E-state index in [1.54, 1.807) is 24.3 Å². The number of hydrogen-bond acceptors (Lipinski definition) is 5. The maximum absolute atomic E-state index is 13.0. The van der Waals surface area contributed by atoms with Gasteiger partial charge < -0.3 is 5.11 Å². The van der Waals surface area contributed by atoms with Crippen molar-refractivity contribution >= 4 is 33.2 Å². The first-order valence-electron chi connectivity index (χ1n) is 7.99. The van der Waals surface area contributed by atoms with Gasteiger partial charge in [0.25, 0.3) is 11.6 Å². The van der Waals surface area contributed by atoms with E-state index < -0.39 is 16.6 Å². The highest BCUT2D eigenvalue weighted by Gasteiger charge is 2.45. The minimum atomic E-state index is -1.63. The summed E-state index contributed by atoms with van der Waals surface area (Å²) in [6.45, 7) is 1.89. The molecule has 134 valence electrons. The number of nitrogens with zero attached hydrogens (tertiary/aromatic N) is 3. The molecule has 1 aliphatic heterocycles. The van der Waals surface area contributed by atoms with Crippen LogP contribution in [0.4, 0.5) is 5.69 Å². The van der Waals surface area contributed by atoms with Crippen LogP contribution < -0.4 is 0 Å². The normalized spacial score (nSPS) is 19.3. The van der Waals surface area contributed by atoms with Crippen molar-refractivity contribution in [3.63, 3.8) is 0 Å². The average molecular weight is 418 g/mol. The predicted molar refractivity (Wildman–Crippen MR) is 99.6 cm³/mol. The molecule has 0 radical (unpaired) electrons. The summed E-state index contributed by atoms with van der Waals surface area (Å²) < 4.78 is 0.844. The summed E-state index contributed by atoms with van der Waals surface area (Å²) >= 11 is 3.34. The third-order valence-electron chi connectivity index (χ3n) is 4.25. The minimum absolute atomic E-state index is 0.0934. The summed E-state index contributed by atoms with van der Waals surface area (Å²) in [5.41, 5.74) is -0.535. The Labute approximate surface area is 158 Å². The van der Waals surface area contributed by atoms with E-state index in [4.69, 9.17) is 0 Å². The van der Waals surface area contributed by atoms with Gasteiger partial charge in [-0.25, -0.2) is 0 Å². The molecule has 1 heterocycles. The maximum Gasteiger partial charge on any atom is 0.277 e. The van der Waals surface area contributed by atoms with E-state index in [1.165, 1.54) is 24.3 Å². The Hall–Kier alpha value is -2.58. The van der Waals surface area contributed by atoms with Gasteiger partial charge in [0.05, 0.1) is 4.92 Å². The first-order valence-corrected chi connectivity index (χ1v) is 8.78. The molecule has 0 fully saturated rings. The number of benzene rings is 2. The number of nitro benzene ring substituents is 1. The predicted octanol–water partition coefficient (Wildman–Crippen LogP) is 3.81. The summed E-state index contributed by atoms with van der Waals surface area (Å²) in [4.78, 5) is 23.4. The number of carbonyl (C=O) groups is 1. The van der Waals surface area contributed by atoms with Crippen molar-refractivity contribution in [2.45, 2.75) is 25.5 Å². The number of non-ortho nitro benzene ring substituents is 1. The summed E-state index contributed by atoms with van der Waals surface area (Å²) in [6, 6.07) is 12.4. The van der Waals surface area contributed by atoms with E-state index in [2.05, 4.69) is 21.0 Å². The van der Waals surface area contributed by atoms with Crippen LogP contribution in [0.15, 0.2) is 58.1 Å². The molecule has 1 N–H and O–H groups in total. The smallest absolute Gasteiger partial charge is 0.277 e. The lowest BCUT2D eigenvalue weighted by Gasteiger charge is -2.31. The molecule has 0 bridgehead atoms. The number of hydrogen-bond donors (Lipinski definition) is 1. The molecule has 3 rings (SSSR count). The van der Waals surface area contributed by atoms with Crippen molar-refractivity contribution in [1.29, 1.82) is 0 Å². The van der Waals surface area contributed by atoms with Crippen LogP contribution in [0.5, 0.6) is 0 Å². The molecule has 26 heavy (non-hydrogen) atoms. The molecule has 1 atom stereocenters. The van der Waals surface area contributed by atoms with Gasteiger partial charge in [0.15, 0.2) is 5.72 Å². The maximum atomic E-state index is 13.0. The standard InChI is InChI=1S/C18H16BrN3O4/c1-2-15-11-18(24,13-6-8-14(19)9-7-13)21(20-15)17(23)12-4-3-5-16(10-12)22(25)26/h3-10,24H,2,11H2,1H3/t18-/m0/s1. The number of carbonyl (C=O) groups excluding carboxylic acids is 1. The van der Waals surface area contributed by atoms with E-state index in [0.29, 0.717) is 17.7 Å². The van der Waals surface area contributed by atoms with Crippen LogP contribution in [-0.4, -0.2) is 26.7 Å². The largest absolute Gasteiger partial charge is 0.365 e. The molecule has 7 nitrogen and oxygen atoms in total. The summed E-state index contributed by atoms with van der Waals surface area (Å²) in [5, 5.41) is 27.5. The lowest BCUT2D eigenvalue weighted by molar-refractivity contribution is -0.384. The minimum Gasteiger partial charge on any atom is -0.365 e. The van der Waals surface area contributed by atoms with E-state index >= 15 is 0 Å². The molecule has 1 amide bonds. The highest BCUT2D eigenvalue weighted by atomic mass is 79.9. The van der Waals surface area contributed by atoms with Gasteiger partial charge in [0, 0.05) is 39.9 Å². The van der Waals surface area contributed by atoms with Crippen LogP contribution in [0.2, 0.25) is 0 Å². The van der Waals surface area contributed by atoms with Crippen LogP contribution in [0.25, 0.3) is 0 Å². The van der Waals surface area contributed by atoms with E-state index in [0.717, 1.165) is 9.48 Å². The van der Waals surface area contributed by atoms with E-state index in [1.807, 2.05) is 6.92 Å². The number of nitro groups is 1. The lowest BCUT2D eigenvalue weighted by Crippen LogP contribution is -2.43.